The Kier molecular flexibility index (Phi) is 3.79. The molecule has 0 aliphatic heterocycles. The number of carbonyl (C=O) groups excluding carboxylic acids is 1. The predicted molar refractivity (Wildman–Crippen MR) is 54.5 cm³/mol. The highest BCUT2D eigenvalue weighted by molar-refractivity contribution is 9.10. The second-order valence-electron chi connectivity index (χ2n) is 3.03. The van der Waals surface area contributed by atoms with Gasteiger partial charge in [0.05, 0.1) is 13.0 Å². The largest absolute Gasteiger partial charge is 0.469 e. The van der Waals surface area contributed by atoms with Crippen LogP contribution in [-0.4, -0.2) is 13.1 Å². The molecular weight excluding hydrogens is 270 g/mol. The van der Waals surface area contributed by atoms with Gasteiger partial charge in [0.15, 0.2) is 0 Å². The minimum atomic E-state index is -0.955. The molecule has 0 saturated heterocycles. The van der Waals surface area contributed by atoms with Crippen LogP contribution in [0.15, 0.2) is 16.6 Å². The average molecular weight is 279 g/mol. The third-order valence-electron chi connectivity index (χ3n) is 2.03. The van der Waals surface area contributed by atoms with E-state index in [1.807, 2.05) is 0 Å². The van der Waals surface area contributed by atoms with E-state index < -0.39 is 23.5 Å². The molecule has 0 amide bonds. The molecule has 2 nitrogen and oxygen atoms in total. The van der Waals surface area contributed by atoms with Crippen molar-refractivity contribution in [2.75, 3.05) is 7.11 Å². The van der Waals surface area contributed by atoms with Crippen LogP contribution in [-0.2, 0) is 9.53 Å². The summed E-state index contributed by atoms with van der Waals surface area (Å²) in [5.41, 5.74) is -0.273. The number of hydrogen-bond acceptors (Lipinski definition) is 2. The minimum Gasteiger partial charge on any atom is -0.469 e. The molecule has 1 atom stereocenters. The summed E-state index contributed by atoms with van der Waals surface area (Å²) in [6, 6.07) is 2.22. The van der Waals surface area contributed by atoms with Crippen LogP contribution in [0, 0.1) is 11.6 Å². The molecule has 1 aromatic carbocycles. The minimum absolute atomic E-state index is 0.273. The van der Waals surface area contributed by atoms with Crippen LogP contribution in [0.4, 0.5) is 8.78 Å². The Morgan fingerprint density at radius 2 is 1.87 bits per heavy atom. The van der Waals surface area contributed by atoms with Gasteiger partial charge in [0, 0.05) is 10.0 Å². The highest BCUT2D eigenvalue weighted by Crippen LogP contribution is 2.26. The van der Waals surface area contributed by atoms with Crippen LogP contribution in [0.1, 0.15) is 18.4 Å². The number of rotatable bonds is 2. The number of halogens is 3. The van der Waals surface area contributed by atoms with Gasteiger partial charge < -0.3 is 4.74 Å². The molecule has 0 bridgehead atoms. The molecule has 0 N–H and O–H groups in total. The first-order valence-corrected chi connectivity index (χ1v) is 4.99. The lowest BCUT2D eigenvalue weighted by molar-refractivity contribution is -0.142. The standard InChI is InChI=1S/C10H9BrF2O2/c1-5(10(14)15-2)9-7(12)3-6(11)4-8(9)13/h3-5H,1-2H3. The average Bonchev–Trinajstić information content (AvgIpc) is 2.14. The summed E-state index contributed by atoms with van der Waals surface area (Å²) < 4.78 is 31.5. The molecule has 1 aromatic rings. The highest BCUT2D eigenvalue weighted by Gasteiger charge is 2.23. The van der Waals surface area contributed by atoms with Gasteiger partial charge in [-0.1, -0.05) is 15.9 Å². The molecule has 5 heteroatoms. The number of benzene rings is 1. The summed E-state index contributed by atoms with van der Waals surface area (Å²) in [5.74, 6) is -3.15. The van der Waals surface area contributed by atoms with Crippen molar-refractivity contribution in [3.8, 4) is 0 Å². The van der Waals surface area contributed by atoms with E-state index in [0.29, 0.717) is 4.47 Å². The number of hydrogen-bond donors (Lipinski definition) is 0. The zero-order valence-electron chi connectivity index (χ0n) is 8.18. The van der Waals surface area contributed by atoms with Crippen LogP contribution in [0.3, 0.4) is 0 Å². The van der Waals surface area contributed by atoms with Gasteiger partial charge in [-0.05, 0) is 19.1 Å². The molecule has 0 aliphatic rings. The van der Waals surface area contributed by atoms with Crippen LogP contribution >= 0.6 is 15.9 Å². The molecule has 1 unspecified atom stereocenters. The molecule has 15 heavy (non-hydrogen) atoms. The van der Waals surface area contributed by atoms with Gasteiger partial charge in [-0.3, -0.25) is 4.79 Å². The Hall–Kier alpha value is -0.970. The molecule has 0 radical (unpaired) electrons. The SMILES string of the molecule is COC(=O)C(C)c1c(F)cc(Br)cc1F. The molecule has 0 spiro atoms. The van der Waals surface area contributed by atoms with Crippen LogP contribution in [0.25, 0.3) is 0 Å². The van der Waals surface area contributed by atoms with Crippen LogP contribution in [0.2, 0.25) is 0 Å². The first-order valence-electron chi connectivity index (χ1n) is 4.19. The third-order valence-corrected chi connectivity index (χ3v) is 2.49. The second kappa shape index (κ2) is 4.70. The summed E-state index contributed by atoms with van der Waals surface area (Å²) in [4.78, 5) is 11.1. The van der Waals surface area contributed by atoms with Gasteiger partial charge in [-0.15, -0.1) is 0 Å². The van der Waals surface area contributed by atoms with Gasteiger partial charge in [-0.25, -0.2) is 8.78 Å². The van der Waals surface area contributed by atoms with Gasteiger partial charge in [0.25, 0.3) is 0 Å². The first kappa shape index (κ1) is 12.1. The van der Waals surface area contributed by atoms with Crippen molar-refractivity contribution in [1.82, 2.24) is 0 Å². The van der Waals surface area contributed by atoms with E-state index in [0.717, 1.165) is 12.1 Å². The maximum absolute atomic E-state index is 13.4. The number of esters is 1. The van der Waals surface area contributed by atoms with E-state index in [4.69, 9.17) is 0 Å². The van der Waals surface area contributed by atoms with E-state index in [9.17, 15) is 13.6 Å². The number of carbonyl (C=O) groups is 1. The van der Waals surface area contributed by atoms with Crippen molar-refractivity contribution in [1.29, 1.82) is 0 Å². The lowest BCUT2D eigenvalue weighted by Crippen LogP contribution is -2.14. The maximum Gasteiger partial charge on any atom is 0.313 e. The quantitative estimate of drug-likeness (QED) is 0.778. The third kappa shape index (κ3) is 2.53. The molecule has 0 saturated carbocycles. The van der Waals surface area contributed by atoms with Gasteiger partial charge in [0.1, 0.15) is 11.6 Å². The first-order chi connectivity index (χ1) is 6.97. The summed E-state index contributed by atoms with van der Waals surface area (Å²) in [7, 11) is 1.17. The molecule has 82 valence electrons. The number of methoxy groups -OCH3 is 1. The Morgan fingerprint density at radius 3 is 2.27 bits per heavy atom. The monoisotopic (exact) mass is 278 g/mol. The van der Waals surface area contributed by atoms with Crippen molar-refractivity contribution >= 4 is 21.9 Å². The summed E-state index contributed by atoms with van der Waals surface area (Å²) in [6.45, 7) is 1.39. The molecule has 1 rings (SSSR count). The van der Waals surface area contributed by atoms with Crippen LogP contribution in [0.5, 0.6) is 0 Å². The normalized spacial score (nSPS) is 12.3. The van der Waals surface area contributed by atoms with Crippen molar-refractivity contribution in [2.45, 2.75) is 12.8 Å². The fourth-order valence-electron chi connectivity index (χ4n) is 1.26. The summed E-state index contributed by atoms with van der Waals surface area (Å²) >= 11 is 2.95. The van der Waals surface area contributed by atoms with Crippen molar-refractivity contribution < 1.29 is 18.3 Å². The maximum atomic E-state index is 13.4. The predicted octanol–water partition coefficient (Wildman–Crippen LogP) is 3.00. The Balaban J connectivity index is 3.19. The summed E-state index contributed by atoms with van der Waals surface area (Å²) in [5, 5.41) is 0. The Bertz CT molecular complexity index is 370. The van der Waals surface area contributed by atoms with Gasteiger partial charge >= 0.3 is 5.97 Å². The zero-order chi connectivity index (χ0) is 11.6. The molecular formula is C10H9BrF2O2. The summed E-state index contributed by atoms with van der Waals surface area (Å²) in [6.07, 6.45) is 0. The smallest absolute Gasteiger partial charge is 0.313 e. The topological polar surface area (TPSA) is 26.3 Å². The second-order valence-corrected chi connectivity index (χ2v) is 3.94. The Morgan fingerprint density at radius 1 is 1.40 bits per heavy atom. The van der Waals surface area contributed by atoms with E-state index >= 15 is 0 Å². The Labute approximate surface area is 94.4 Å². The molecule has 0 aliphatic carbocycles. The van der Waals surface area contributed by atoms with Gasteiger partial charge in [-0.2, -0.15) is 0 Å². The molecule has 0 heterocycles. The van der Waals surface area contributed by atoms with Crippen molar-refractivity contribution in [2.24, 2.45) is 0 Å². The van der Waals surface area contributed by atoms with Crippen molar-refractivity contribution in [3.63, 3.8) is 0 Å². The molecule has 0 fully saturated rings. The van der Waals surface area contributed by atoms with E-state index in [1.54, 1.807) is 0 Å². The van der Waals surface area contributed by atoms with E-state index in [1.165, 1.54) is 14.0 Å². The van der Waals surface area contributed by atoms with Crippen molar-refractivity contribution in [3.05, 3.63) is 33.8 Å². The van der Waals surface area contributed by atoms with Crippen LogP contribution < -0.4 is 0 Å². The zero-order valence-corrected chi connectivity index (χ0v) is 9.77. The molecule has 0 aromatic heterocycles. The fraction of sp³-hybridized carbons (Fsp3) is 0.300. The highest BCUT2D eigenvalue weighted by atomic mass is 79.9. The lowest BCUT2D eigenvalue weighted by atomic mass is 10.0. The number of ether oxygens (including phenoxy) is 1. The van der Waals surface area contributed by atoms with E-state index in [-0.39, 0.29) is 5.56 Å². The van der Waals surface area contributed by atoms with Gasteiger partial charge in [0.2, 0.25) is 0 Å². The van der Waals surface area contributed by atoms with E-state index in [2.05, 4.69) is 20.7 Å². The lowest BCUT2D eigenvalue weighted by Gasteiger charge is -2.11. The fourth-order valence-corrected chi connectivity index (χ4v) is 1.66.